The number of rotatable bonds is 10. The molecule has 14 heteroatoms. The fraction of sp³-hybridized carbons (Fsp3) is 0.304. The molecule has 0 spiro atoms. The van der Waals surface area contributed by atoms with Crippen molar-refractivity contribution in [2.24, 2.45) is 7.05 Å². The molecule has 4 aromatic rings. The van der Waals surface area contributed by atoms with Gasteiger partial charge in [-0.15, -0.1) is 10.2 Å². The van der Waals surface area contributed by atoms with Crippen LogP contribution in [0.4, 0.5) is 5.95 Å². The molecule has 1 aromatic carbocycles. The summed E-state index contributed by atoms with van der Waals surface area (Å²) in [7, 11) is 2.07. The first-order valence-electron chi connectivity index (χ1n) is 11.0. The lowest BCUT2D eigenvalue weighted by Crippen LogP contribution is -2.33. The molecule has 1 N–H and O–H groups in total. The number of aryl methyl sites for hydroxylation is 1. The van der Waals surface area contributed by atoms with E-state index in [0.29, 0.717) is 33.6 Å². The smallest absolute Gasteiger partial charge is 0.243 e. The minimum absolute atomic E-state index is 0.0887. The van der Waals surface area contributed by atoms with Crippen molar-refractivity contribution in [3.63, 3.8) is 0 Å². The minimum atomic E-state index is -4.09. The maximum absolute atomic E-state index is 13.6. The predicted octanol–water partition coefficient (Wildman–Crippen LogP) is 3.25. The summed E-state index contributed by atoms with van der Waals surface area (Å²) in [6.07, 6.45) is 2.28. The number of ether oxygens (including phenoxy) is 3. The summed E-state index contributed by atoms with van der Waals surface area (Å²) in [4.78, 5) is 4.22. The second kappa shape index (κ2) is 10.7. The normalized spacial score (nSPS) is 13.2. The highest BCUT2D eigenvalue weighted by Crippen LogP contribution is 2.38. The van der Waals surface area contributed by atoms with E-state index >= 15 is 0 Å². The third kappa shape index (κ3) is 5.24. The van der Waals surface area contributed by atoms with Crippen LogP contribution < -0.4 is 14.2 Å². The molecule has 4 rings (SSSR count). The number of methoxy groups -OCH3 is 3. The number of nitrogens with zero attached hydrogens (tertiary/aromatic N) is 6. The molecule has 0 aliphatic rings. The Kier molecular flexibility index (Phi) is 7.66. The van der Waals surface area contributed by atoms with E-state index < -0.39 is 21.4 Å². The van der Waals surface area contributed by atoms with Gasteiger partial charge in [0.25, 0.3) is 0 Å². The Balaban J connectivity index is 1.82. The minimum Gasteiger partial charge on any atom is -0.494 e. The number of hydrogen-bond donors (Lipinski definition) is 1. The van der Waals surface area contributed by atoms with Crippen LogP contribution >= 0.6 is 11.6 Å². The van der Waals surface area contributed by atoms with Crippen LogP contribution in [0.1, 0.15) is 18.7 Å². The summed E-state index contributed by atoms with van der Waals surface area (Å²) in [5.41, 5.74) is 1.26. The van der Waals surface area contributed by atoms with Gasteiger partial charge in [-0.2, -0.15) is 5.10 Å². The summed E-state index contributed by atoms with van der Waals surface area (Å²) in [6, 6.07) is 10.1. The molecular weight excluding hydrogens is 522 g/mol. The summed E-state index contributed by atoms with van der Waals surface area (Å²) in [5.74, 6) is 1.00. The van der Waals surface area contributed by atoms with Crippen molar-refractivity contribution in [1.82, 2.24) is 29.5 Å². The molecule has 2 atom stereocenters. The molecule has 0 saturated heterocycles. The summed E-state index contributed by atoms with van der Waals surface area (Å²) in [6.45, 7) is 1.51. The lowest BCUT2D eigenvalue weighted by atomic mass is 10.2. The number of benzene rings is 1. The van der Waals surface area contributed by atoms with Gasteiger partial charge in [0.1, 0.15) is 34.2 Å². The molecule has 0 aliphatic heterocycles. The first kappa shape index (κ1) is 26.4. The third-order valence-corrected chi connectivity index (χ3v) is 7.59. The van der Waals surface area contributed by atoms with Gasteiger partial charge >= 0.3 is 0 Å². The second-order valence-electron chi connectivity index (χ2n) is 7.98. The van der Waals surface area contributed by atoms with E-state index in [9.17, 15) is 8.42 Å². The summed E-state index contributed by atoms with van der Waals surface area (Å²) < 4.78 is 49.4. The molecule has 0 radical (unpaired) electrons. The van der Waals surface area contributed by atoms with Crippen LogP contribution in [0.25, 0.3) is 17.2 Å². The number of hydrogen-bond acceptors (Lipinski definition) is 9. The van der Waals surface area contributed by atoms with Crippen molar-refractivity contribution >= 4 is 27.6 Å². The highest BCUT2D eigenvalue weighted by atomic mass is 35.5. The zero-order valence-corrected chi connectivity index (χ0v) is 22.4. The van der Waals surface area contributed by atoms with Crippen LogP contribution in [0.15, 0.2) is 48.8 Å². The number of pyridine rings is 1. The van der Waals surface area contributed by atoms with Crippen LogP contribution in [0.5, 0.6) is 11.5 Å². The monoisotopic (exact) mass is 547 g/mol. The van der Waals surface area contributed by atoms with Crippen molar-refractivity contribution in [2.45, 2.75) is 18.3 Å². The average Bonchev–Trinajstić information content (AvgIpc) is 3.50. The first-order chi connectivity index (χ1) is 17.7. The van der Waals surface area contributed by atoms with E-state index in [1.54, 1.807) is 54.3 Å². The number of para-hydroxylation sites is 1. The van der Waals surface area contributed by atoms with Crippen molar-refractivity contribution < 1.29 is 22.6 Å². The van der Waals surface area contributed by atoms with Gasteiger partial charge in [0.15, 0.2) is 5.82 Å². The highest BCUT2D eigenvalue weighted by Gasteiger charge is 2.34. The predicted molar refractivity (Wildman–Crippen MR) is 138 cm³/mol. The van der Waals surface area contributed by atoms with Crippen LogP contribution in [0.3, 0.4) is 0 Å². The SMILES string of the molecule is COc1cccc(OC)c1-n1c(NS(=O)(=O)C(C)C(OC)c2ccc(Cl)cn2)nnc1-c1ccn(C)n1. The molecule has 3 aromatic heterocycles. The Morgan fingerprint density at radius 3 is 2.27 bits per heavy atom. The number of anilines is 1. The fourth-order valence-electron chi connectivity index (χ4n) is 3.81. The molecule has 0 aliphatic carbocycles. The quantitative estimate of drug-likeness (QED) is 0.317. The van der Waals surface area contributed by atoms with Crippen molar-refractivity contribution in [3.05, 3.63) is 59.5 Å². The molecule has 0 bridgehead atoms. The van der Waals surface area contributed by atoms with Crippen LogP contribution in [0, 0.1) is 0 Å². The largest absolute Gasteiger partial charge is 0.494 e. The number of halogens is 1. The van der Waals surface area contributed by atoms with Crippen LogP contribution in [-0.2, 0) is 21.8 Å². The third-order valence-electron chi connectivity index (χ3n) is 5.68. The van der Waals surface area contributed by atoms with Gasteiger partial charge in [-0.25, -0.2) is 8.42 Å². The lowest BCUT2D eigenvalue weighted by Gasteiger charge is -2.23. The summed E-state index contributed by atoms with van der Waals surface area (Å²) >= 11 is 5.94. The van der Waals surface area contributed by atoms with Crippen molar-refractivity contribution in [2.75, 3.05) is 26.1 Å². The Bertz CT molecular complexity index is 1470. The Morgan fingerprint density at radius 2 is 1.73 bits per heavy atom. The first-order valence-corrected chi connectivity index (χ1v) is 12.9. The fourth-order valence-corrected chi connectivity index (χ4v) is 5.07. The number of aromatic nitrogens is 6. The Hall–Kier alpha value is -3.68. The molecular formula is C23H26ClN7O5S. The van der Waals surface area contributed by atoms with Crippen LogP contribution in [0.2, 0.25) is 5.02 Å². The van der Waals surface area contributed by atoms with Gasteiger partial charge in [0.05, 0.1) is 24.9 Å². The summed E-state index contributed by atoms with van der Waals surface area (Å²) in [5, 5.41) is 12.2. The number of nitrogens with one attached hydrogen (secondary N) is 1. The van der Waals surface area contributed by atoms with Gasteiger partial charge in [0, 0.05) is 26.6 Å². The molecule has 0 fully saturated rings. The van der Waals surface area contributed by atoms with Crippen LogP contribution in [-0.4, -0.2) is 64.5 Å². The topological polar surface area (TPSA) is 135 Å². The second-order valence-corrected chi connectivity index (χ2v) is 10.5. The zero-order chi connectivity index (χ0) is 26.7. The molecule has 2 unspecified atom stereocenters. The van der Waals surface area contributed by atoms with Crippen molar-refractivity contribution in [1.29, 1.82) is 0 Å². The van der Waals surface area contributed by atoms with Gasteiger partial charge in [-0.1, -0.05) is 17.7 Å². The molecule has 0 saturated carbocycles. The maximum atomic E-state index is 13.6. The maximum Gasteiger partial charge on any atom is 0.243 e. The molecule has 12 nitrogen and oxygen atoms in total. The van der Waals surface area contributed by atoms with E-state index in [1.165, 1.54) is 39.0 Å². The zero-order valence-electron chi connectivity index (χ0n) is 20.8. The van der Waals surface area contributed by atoms with E-state index in [2.05, 4.69) is 25.0 Å². The average molecular weight is 548 g/mol. The van der Waals surface area contributed by atoms with Crippen molar-refractivity contribution in [3.8, 4) is 28.7 Å². The lowest BCUT2D eigenvalue weighted by molar-refractivity contribution is 0.0989. The molecule has 37 heavy (non-hydrogen) atoms. The van der Waals surface area contributed by atoms with E-state index in [-0.39, 0.29) is 11.8 Å². The number of sulfonamides is 1. The Morgan fingerprint density at radius 1 is 1.03 bits per heavy atom. The molecule has 0 amide bonds. The van der Waals surface area contributed by atoms with E-state index in [0.717, 1.165) is 0 Å². The Labute approximate surface area is 219 Å². The van der Waals surface area contributed by atoms with E-state index in [1.807, 2.05) is 0 Å². The van der Waals surface area contributed by atoms with Gasteiger partial charge < -0.3 is 14.2 Å². The van der Waals surface area contributed by atoms with Gasteiger partial charge in [-0.05, 0) is 37.3 Å². The van der Waals surface area contributed by atoms with Gasteiger partial charge in [0.2, 0.25) is 16.0 Å². The molecule has 3 heterocycles. The standard InChI is InChI=1S/C23H26ClN7O5S/c1-14(21(36-5)16-10-9-15(24)13-25-16)37(32,33)29-23-27-26-22(17-11-12-30(2)28-17)31(23)20-18(34-3)7-6-8-19(20)35-4/h6-14,21H,1-5H3,(H,27,29). The van der Waals surface area contributed by atoms with Gasteiger partial charge in [-0.3, -0.25) is 19.0 Å². The van der Waals surface area contributed by atoms with E-state index in [4.69, 9.17) is 25.8 Å². The highest BCUT2D eigenvalue weighted by molar-refractivity contribution is 7.93. The molecule has 196 valence electrons.